The standard InChI is InChI=1S/C16H15FN2O2/c17-13-7-11-3-1-5-19-16(11)12(8-13)9-18-10-14(20)15-4-2-6-21-15/h1-8,14,18,20H,9-10H2. The number of furan rings is 1. The average molecular weight is 286 g/mol. The maximum atomic E-state index is 13.6. The van der Waals surface area contributed by atoms with Gasteiger partial charge in [0.1, 0.15) is 17.7 Å². The van der Waals surface area contributed by atoms with Gasteiger partial charge in [0, 0.05) is 24.7 Å². The van der Waals surface area contributed by atoms with Crippen LogP contribution in [0.5, 0.6) is 0 Å². The number of halogens is 1. The molecule has 2 heterocycles. The molecule has 0 bridgehead atoms. The number of nitrogens with one attached hydrogen (secondary N) is 1. The number of aliphatic hydroxyl groups excluding tert-OH is 1. The number of aromatic nitrogens is 1. The molecule has 0 aliphatic heterocycles. The van der Waals surface area contributed by atoms with Gasteiger partial charge in [0.15, 0.2) is 0 Å². The quantitative estimate of drug-likeness (QED) is 0.757. The van der Waals surface area contributed by atoms with Crippen molar-refractivity contribution in [1.82, 2.24) is 10.3 Å². The predicted molar refractivity (Wildman–Crippen MR) is 77.1 cm³/mol. The smallest absolute Gasteiger partial charge is 0.133 e. The van der Waals surface area contributed by atoms with Gasteiger partial charge in [-0.1, -0.05) is 6.07 Å². The molecule has 0 saturated heterocycles. The summed E-state index contributed by atoms with van der Waals surface area (Å²) >= 11 is 0. The highest BCUT2D eigenvalue weighted by Gasteiger charge is 2.10. The zero-order valence-electron chi connectivity index (χ0n) is 11.3. The fourth-order valence-electron chi connectivity index (χ4n) is 2.29. The van der Waals surface area contributed by atoms with Crippen LogP contribution >= 0.6 is 0 Å². The summed E-state index contributed by atoms with van der Waals surface area (Å²) in [5.41, 5.74) is 1.52. The third kappa shape index (κ3) is 3.09. The monoisotopic (exact) mass is 286 g/mol. The minimum atomic E-state index is -0.729. The molecule has 4 nitrogen and oxygen atoms in total. The Hall–Kier alpha value is -2.24. The molecule has 2 aromatic heterocycles. The van der Waals surface area contributed by atoms with Crippen molar-refractivity contribution in [2.24, 2.45) is 0 Å². The molecule has 21 heavy (non-hydrogen) atoms. The number of benzene rings is 1. The summed E-state index contributed by atoms with van der Waals surface area (Å²) < 4.78 is 18.7. The summed E-state index contributed by atoms with van der Waals surface area (Å²) in [4.78, 5) is 4.28. The molecule has 0 saturated carbocycles. The van der Waals surface area contributed by atoms with Gasteiger partial charge in [-0.05, 0) is 35.9 Å². The Morgan fingerprint density at radius 3 is 3.00 bits per heavy atom. The van der Waals surface area contributed by atoms with E-state index in [2.05, 4.69) is 10.3 Å². The van der Waals surface area contributed by atoms with E-state index in [1.165, 1.54) is 18.4 Å². The van der Waals surface area contributed by atoms with Crippen molar-refractivity contribution in [3.63, 3.8) is 0 Å². The zero-order chi connectivity index (χ0) is 14.7. The molecule has 0 spiro atoms. The molecule has 2 N–H and O–H groups in total. The molecule has 0 fully saturated rings. The fourth-order valence-corrected chi connectivity index (χ4v) is 2.29. The van der Waals surface area contributed by atoms with Crippen LogP contribution in [-0.4, -0.2) is 16.6 Å². The SMILES string of the molecule is OC(CNCc1cc(F)cc2cccnc12)c1ccco1. The first kappa shape index (κ1) is 13.7. The molecule has 1 aromatic carbocycles. The summed E-state index contributed by atoms with van der Waals surface area (Å²) in [7, 11) is 0. The molecule has 1 atom stereocenters. The molecule has 108 valence electrons. The number of fused-ring (bicyclic) bond motifs is 1. The molecule has 1 unspecified atom stereocenters. The van der Waals surface area contributed by atoms with E-state index in [9.17, 15) is 9.50 Å². The van der Waals surface area contributed by atoms with E-state index in [1.54, 1.807) is 24.4 Å². The van der Waals surface area contributed by atoms with Gasteiger partial charge in [-0.3, -0.25) is 4.98 Å². The lowest BCUT2D eigenvalue weighted by molar-refractivity contribution is 0.147. The number of hydrogen-bond acceptors (Lipinski definition) is 4. The van der Waals surface area contributed by atoms with Crippen LogP contribution in [0.15, 0.2) is 53.3 Å². The molecule has 0 aliphatic carbocycles. The van der Waals surface area contributed by atoms with Crippen molar-refractivity contribution in [3.8, 4) is 0 Å². The van der Waals surface area contributed by atoms with Gasteiger partial charge in [-0.2, -0.15) is 0 Å². The summed E-state index contributed by atoms with van der Waals surface area (Å²) in [6.45, 7) is 0.737. The normalized spacial score (nSPS) is 12.7. The highest BCUT2D eigenvalue weighted by atomic mass is 19.1. The van der Waals surface area contributed by atoms with E-state index in [-0.39, 0.29) is 5.82 Å². The Morgan fingerprint density at radius 1 is 1.29 bits per heavy atom. The maximum Gasteiger partial charge on any atom is 0.133 e. The first-order valence-corrected chi connectivity index (χ1v) is 6.69. The third-order valence-corrected chi connectivity index (χ3v) is 3.27. The summed E-state index contributed by atoms with van der Waals surface area (Å²) in [5.74, 6) is 0.212. The van der Waals surface area contributed by atoms with E-state index < -0.39 is 6.10 Å². The van der Waals surface area contributed by atoms with E-state index in [4.69, 9.17) is 4.42 Å². The highest BCUT2D eigenvalue weighted by molar-refractivity contribution is 5.81. The van der Waals surface area contributed by atoms with Crippen LogP contribution in [0.2, 0.25) is 0 Å². The van der Waals surface area contributed by atoms with E-state index >= 15 is 0 Å². The Balaban J connectivity index is 1.71. The number of pyridine rings is 1. The number of hydrogen-bond donors (Lipinski definition) is 2. The number of aliphatic hydroxyl groups is 1. The van der Waals surface area contributed by atoms with Crippen LogP contribution in [0.4, 0.5) is 4.39 Å². The second kappa shape index (κ2) is 6.03. The molecule has 3 aromatic rings. The van der Waals surface area contributed by atoms with Crippen LogP contribution in [0, 0.1) is 5.82 Å². The summed E-state index contributed by atoms with van der Waals surface area (Å²) in [6, 6.07) is 9.96. The lowest BCUT2D eigenvalue weighted by Crippen LogP contribution is -2.21. The molecular formula is C16H15FN2O2. The largest absolute Gasteiger partial charge is 0.467 e. The van der Waals surface area contributed by atoms with Crippen molar-refractivity contribution in [2.45, 2.75) is 12.6 Å². The number of nitrogens with zero attached hydrogens (tertiary/aromatic N) is 1. The van der Waals surface area contributed by atoms with Crippen LogP contribution < -0.4 is 5.32 Å². The van der Waals surface area contributed by atoms with E-state index in [0.717, 1.165) is 16.5 Å². The van der Waals surface area contributed by atoms with Crippen molar-refractivity contribution in [2.75, 3.05) is 6.54 Å². The van der Waals surface area contributed by atoms with Crippen molar-refractivity contribution < 1.29 is 13.9 Å². The van der Waals surface area contributed by atoms with Gasteiger partial charge in [0.05, 0.1) is 11.8 Å². The van der Waals surface area contributed by atoms with Gasteiger partial charge in [-0.15, -0.1) is 0 Å². The Kier molecular flexibility index (Phi) is 3.94. The molecule has 0 aliphatic rings. The van der Waals surface area contributed by atoms with Crippen LogP contribution in [0.25, 0.3) is 10.9 Å². The third-order valence-electron chi connectivity index (χ3n) is 3.27. The topological polar surface area (TPSA) is 58.3 Å². The maximum absolute atomic E-state index is 13.6. The van der Waals surface area contributed by atoms with Crippen molar-refractivity contribution >= 4 is 10.9 Å². The summed E-state index contributed by atoms with van der Waals surface area (Å²) in [5, 5.41) is 13.8. The van der Waals surface area contributed by atoms with Crippen LogP contribution in [0.3, 0.4) is 0 Å². The summed E-state index contributed by atoms with van der Waals surface area (Å²) in [6.07, 6.45) is 2.47. The second-order valence-corrected chi connectivity index (χ2v) is 4.80. The molecule has 3 rings (SSSR count). The van der Waals surface area contributed by atoms with E-state index in [1.807, 2.05) is 6.07 Å². The first-order valence-electron chi connectivity index (χ1n) is 6.69. The lowest BCUT2D eigenvalue weighted by Gasteiger charge is -2.11. The highest BCUT2D eigenvalue weighted by Crippen LogP contribution is 2.18. The van der Waals surface area contributed by atoms with Gasteiger partial charge >= 0.3 is 0 Å². The van der Waals surface area contributed by atoms with Crippen LogP contribution in [-0.2, 0) is 6.54 Å². The molecule has 0 radical (unpaired) electrons. The Morgan fingerprint density at radius 2 is 2.19 bits per heavy atom. The van der Waals surface area contributed by atoms with Crippen LogP contribution in [0.1, 0.15) is 17.4 Å². The zero-order valence-corrected chi connectivity index (χ0v) is 11.3. The van der Waals surface area contributed by atoms with Gasteiger partial charge in [-0.25, -0.2) is 4.39 Å². The Bertz CT molecular complexity index is 728. The second-order valence-electron chi connectivity index (χ2n) is 4.80. The van der Waals surface area contributed by atoms with Crippen molar-refractivity contribution in [3.05, 3.63) is 66.0 Å². The predicted octanol–water partition coefficient (Wildman–Crippen LogP) is 2.79. The lowest BCUT2D eigenvalue weighted by atomic mass is 10.1. The fraction of sp³-hybridized carbons (Fsp3) is 0.188. The molecular weight excluding hydrogens is 271 g/mol. The number of rotatable bonds is 5. The Labute approximate surface area is 121 Å². The van der Waals surface area contributed by atoms with Gasteiger partial charge in [0.2, 0.25) is 0 Å². The van der Waals surface area contributed by atoms with Gasteiger partial charge < -0.3 is 14.8 Å². The molecule has 5 heteroatoms. The average Bonchev–Trinajstić information content (AvgIpc) is 3.01. The van der Waals surface area contributed by atoms with E-state index in [0.29, 0.717) is 18.8 Å². The first-order chi connectivity index (χ1) is 10.2. The molecule has 0 amide bonds. The van der Waals surface area contributed by atoms with Crippen molar-refractivity contribution in [1.29, 1.82) is 0 Å². The minimum absolute atomic E-state index is 0.293. The van der Waals surface area contributed by atoms with Gasteiger partial charge in [0.25, 0.3) is 0 Å². The minimum Gasteiger partial charge on any atom is -0.467 e.